The van der Waals surface area contributed by atoms with E-state index in [1.54, 1.807) is 6.08 Å². The van der Waals surface area contributed by atoms with Crippen LogP contribution in [0.1, 0.15) is 7.85 Å². The molecular formula is C6H13KO4S. The molecule has 4 nitrogen and oxygen atoms in total. The molecule has 0 rings (SSSR count). The molecule has 0 unspecified atom stereocenters. The van der Waals surface area contributed by atoms with Gasteiger partial charge in [0.15, 0.2) is 0 Å². The van der Waals surface area contributed by atoms with Crippen LogP contribution in [-0.4, -0.2) is 31.9 Å². The molecule has 0 heterocycles. The van der Waals surface area contributed by atoms with Gasteiger partial charge in [-0.05, 0) is 6.42 Å². The van der Waals surface area contributed by atoms with Crippen LogP contribution in [0.3, 0.4) is 0 Å². The summed E-state index contributed by atoms with van der Waals surface area (Å²) in [7, 11) is -3.82. The van der Waals surface area contributed by atoms with E-state index in [9.17, 15) is 8.42 Å². The Bertz CT molecular complexity index is 205. The molecule has 0 aromatic carbocycles. The molecule has 0 aromatic rings. The normalized spacial score (nSPS) is 10.4. The second kappa shape index (κ2) is 8.83. The van der Waals surface area contributed by atoms with E-state index >= 15 is 0 Å². The fraction of sp³-hybridized carbons (Fsp3) is 0.667. The Morgan fingerprint density at radius 2 is 2.17 bits per heavy atom. The van der Waals surface area contributed by atoms with Crippen LogP contribution in [0, 0.1) is 0 Å². The van der Waals surface area contributed by atoms with Gasteiger partial charge in [-0.1, -0.05) is 6.08 Å². The molecule has 0 saturated carbocycles. The Balaban J connectivity index is -0.000000500. The van der Waals surface area contributed by atoms with Crippen LogP contribution in [-0.2, 0) is 14.9 Å². The first-order chi connectivity index (χ1) is 5.06. The molecule has 0 spiro atoms. The summed E-state index contributed by atoms with van der Waals surface area (Å²) in [6.07, 6.45) is 1.89. The maximum atomic E-state index is 10.1. The molecule has 0 saturated heterocycles. The third-order valence-corrected chi connectivity index (χ3v) is 1.73. The Labute approximate surface area is 117 Å². The van der Waals surface area contributed by atoms with Crippen LogP contribution in [0.25, 0.3) is 0 Å². The van der Waals surface area contributed by atoms with Crippen molar-refractivity contribution in [1.82, 2.24) is 0 Å². The monoisotopic (exact) mass is 220 g/mol. The summed E-state index contributed by atoms with van der Waals surface area (Å²) >= 11 is 0. The van der Waals surface area contributed by atoms with Gasteiger partial charge in [-0.3, -0.25) is 4.55 Å². The van der Waals surface area contributed by atoms with Crippen LogP contribution in [0.5, 0.6) is 0 Å². The quantitative estimate of drug-likeness (QED) is 0.234. The van der Waals surface area contributed by atoms with Crippen molar-refractivity contribution >= 4 is 10.1 Å². The minimum atomic E-state index is -3.82. The summed E-state index contributed by atoms with van der Waals surface area (Å²) < 4.78 is 33.4. The van der Waals surface area contributed by atoms with Crippen LogP contribution in [0.2, 0.25) is 0 Å². The van der Waals surface area contributed by atoms with Crippen molar-refractivity contribution in [3.8, 4) is 0 Å². The van der Waals surface area contributed by atoms with E-state index in [2.05, 4.69) is 6.58 Å². The summed E-state index contributed by atoms with van der Waals surface area (Å²) in [6, 6.07) is 0. The molecule has 12 heavy (non-hydrogen) atoms. The molecule has 0 bridgehead atoms. The van der Waals surface area contributed by atoms with E-state index in [-0.39, 0.29) is 58.6 Å². The van der Waals surface area contributed by atoms with Crippen LogP contribution >= 0.6 is 0 Å². The van der Waals surface area contributed by atoms with Crippen molar-refractivity contribution in [3.63, 3.8) is 0 Å². The molecule has 0 fully saturated rings. The average molecular weight is 220 g/mol. The number of ether oxygens (including phenoxy) is 1. The minimum Gasteiger partial charge on any atom is -1.00 e. The first-order valence-corrected chi connectivity index (χ1v) is 4.81. The van der Waals surface area contributed by atoms with Gasteiger partial charge in [-0.2, -0.15) is 8.42 Å². The van der Waals surface area contributed by atoms with Crippen LogP contribution < -0.4 is 51.4 Å². The van der Waals surface area contributed by atoms with Gasteiger partial charge in [0.25, 0.3) is 10.1 Å². The summed E-state index contributed by atoms with van der Waals surface area (Å²) in [5, 5.41) is 0. The molecule has 0 aliphatic carbocycles. The first-order valence-electron chi connectivity index (χ1n) is 3.20. The molecule has 0 amide bonds. The number of hydrogen-bond acceptors (Lipinski definition) is 3. The predicted octanol–water partition coefficient (Wildman–Crippen LogP) is -2.42. The maximum Gasteiger partial charge on any atom is 1.00 e. The summed E-state index contributed by atoms with van der Waals surface area (Å²) in [5.74, 6) is -0.246. The molecule has 0 radical (unpaired) electrons. The Morgan fingerprint density at radius 3 is 2.58 bits per heavy atom. The third kappa shape index (κ3) is 13.8. The molecule has 0 aliphatic heterocycles. The molecule has 0 atom stereocenters. The molecule has 0 aliphatic rings. The van der Waals surface area contributed by atoms with Gasteiger partial charge in [0.2, 0.25) is 0 Å². The van der Waals surface area contributed by atoms with E-state index in [1.807, 2.05) is 0 Å². The van der Waals surface area contributed by atoms with Crippen molar-refractivity contribution < 1.29 is 70.5 Å². The largest absolute Gasteiger partial charge is 1.00 e. The Kier molecular flexibility index (Phi) is 11.6. The van der Waals surface area contributed by atoms with Crippen LogP contribution in [0.4, 0.5) is 0 Å². The second-order valence-electron chi connectivity index (χ2n) is 2.00. The zero-order valence-corrected chi connectivity index (χ0v) is 11.1. The number of rotatable bonds is 6. The van der Waals surface area contributed by atoms with E-state index in [1.165, 1.54) is 0 Å². The fourth-order valence-corrected chi connectivity index (χ4v) is 0.993. The van der Waals surface area contributed by atoms with E-state index < -0.39 is 10.1 Å². The summed E-state index contributed by atoms with van der Waals surface area (Å²) in [5.41, 5.74) is 0. The third-order valence-electron chi connectivity index (χ3n) is 0.927. The minimum absolute atomic E-state index is 0. The second-order valence-corrected chi connectivity index (χ2v) is 3.58. The maximum absolute atomic E-state index is 10.1. The van der Waals surface area contributed by atoms with E-state index in [0.717, 1.165) is 0 Å². The molecule has 68 valence electrons. The van der Waals surface area contributed by atoms with Crippen molar-refractivity contribution in [2.45, 2.75) is 6.42 Å². The van der Waals surface area contributed by atoms with Gasteiger partial charge in [0, 0.05) is 6.61 Å². The van der Waals surface area contributed by atoms with E-state index in [0.29, 0.717) is 19.6 Å². The average Bonchev–Trinajstić information content (AvgIpc) is 1.85. The molecular weight excluding hydrogens is 207 g/mol. The van der Waals surface area contributed by atoms with E-state index in [4.69, 9.17) is 9.29 Å². The van der Waals surface area contributed by atoms with Gasteiger partial charge in [0.1, 0.15) is 0 Å². The Morgan fingerprint density at radius 1 is 1.58 bits per heavy atom. The van der Waals surface area contributed by atoms with Crippen molar-refractivity contribution in [2.24, 2.45) is 0 Å². The molecule has 0 aromatic heterocycles. The SMILES string of the molecule is C=CCOCCCS(=O)(=O)O.[H-].[K+]. The molecule has 1 N–H and O–H groups in total. The zero-order valence-electron chi connectivity index (χ0n) is 8.19. The van der Waals surface area contributed by atoms with Gasteiger partial charge in [-0.25, -0.2) is 0 Å². The van der Waals surface area contributed by atoms with Crippen LogP contribution in [0.15, 0.2) is 12.7 Å². The van der Waals surface area contributed by atoms with Gasteiger partial charge in [-0.15, -0.1) is 6.58 Å². The first kappa shape index (κ1) is 15.7. The van der Waals surface area contributed by atoms with Gasteiger partial charge >= 0.3 is 51.4 Å². The standard InChI is InChI=1S/C6H12O4S.K.H/c1-2-4-10-5-3-6-11(7,8)9;;/h2H,1,3-6H2,(H,7,8,9);;/q;+1;-1. The zero-order chi connectivity index (χ0) is 8.74. The fourth-order valence-electron chi connectivity index (χ4n) is 0.510. The summed E-state index contributed by atoms with van der Waals surface area (Å²) in [4.78, 5) is 0. The molecule has 6 heteroatoms. The van der Waals surface area contributed by atoms with Gasteiger partial charge in [0.05, 0.1) is 12.4 Å². The number of hydrogen-bond donors (Lipinski definition) is 1. The van der Waals surface area contributed by atoms with Crippen molar-refractivity contribution in [2.75, 3.05) is 19.0 Å². The van der Waals surface area contributed by atoms with Gasteiger partial charge < -0.3 is 6.16 Å². The predicted molar refractivity (Wildman–Crippen MR) is 43.2 cm³/mol. The Hall–Kier alpha value is 1.25. The van der Waals surface area contributed by atoms with Crippen molar-refractivity contribution in [3.05, 3.63) is 12.7 Å². The smallest absolute Gasteiger partial charge is 1.00 e. The van der Waals surface area contributed by atoms with Crippen molar-refractivity contribution in [1.29, 1.82) is 0 Å². The topological polar surface area (TPSA) is 63.6 Å². The summed E-state index contributed by atoms with van der Waals surface area (Å²) in [6.45, 7) is 4.15.